The molecule has 0 bridgehead atoms. The lowest BCUT2D eigenvalue weighted by molar-refractivity contribution is 0.350. The van der Waals surface area contributed by atoms with E-state index in [-0.39, 0.29) is 1.43 Å². The second-order valence-corrected chi connectivity index (χ2v) is 4.65. The number of hydrogen-bond donors (Lipinski definition) is 1. The average molecular weight is 193 g/mol. The van der Waals surface area contributed by atoms with Crippen LogP contribution < -0.4 is 5.32 Å². The van der Waals surface area contributed by atoms with Crippen molar-refractivity contribution in [3.8, 4) is 0 Å². The first-order chi connectivity index (χ1) is 6.59. The van der Waals surface area contributed by atoms with Crippen LogP contribution >= 0.6 is 0 Å². The van der Waals surface area contributed by atoms with E-state index in [9.17, 15) is 0 Å². The van der Waals surface area contributed by atoms with Crippen LogP contribution in [0.2, 0.25) is 0 Å². The number of allylic oxidation sites excluding steroid dienone is 3. The predicted octanol–water partition coefficient (Wildman–Crippen LogP) is 4.01. The highest BCUT2D eigenvalue weighted by Gasteiger charge is 2.19. The molecule has 0 atom stereocenters. The third-order valence-corrected chi connectivity index (χ3v) is 2.93. The minimum Gasteiger partial charge on any atom is -0.365 e. The van der Waals surface area contributed by atoms with Gasteiger partial charge in [0.05, 0.1) is 0 Å². The molecule has 0 aromatic rings. The highest BCUT2D eigenvalue weighted by molar-refractivity contribution is 5.34. The van der Waals surface area contributed by atoms with Gasteiger partial charge in [-0.1, -0.05) is 45.9 Å². The van der Waals surface area contributed by atoms with Crippen molar-refractivity contribution in [2.24, 2.45) is 5.41 Å². The maximum absolute atomic E-state index is 3.70. The second kappa shape index (κ2) is 4.50. The van der Waals surface area contributed by atoms with Gasteiger partial charge in [-0.25, -0.2) is 0 Å². The summed E-state index contributed by atoms with van der Waals surface area (Å²) >= 11 is 0. The molecule has 0 aliphatic heterocycles. The molecule has 1 aliphatic carbocycles. The van der Waals surface area contributed by atoms with Crippen LogP contribution in [0.25, 0.3) is 0 Å². The lowest BCUT2D eigenvalue weighted by Crippen LogP contribution is -2.13. The van der Waals surface area contributed by atoms with E-state index in [1.165, 1.54) is 17.7 Å². The molecule has 0 saturated heterocycles. The minimum absolute atomic E-state index is 0. The Morgan fingerprint density at radius 2 is 2.36 bits per heavy atom. The molecule has 0 amide bonds. The normalized spacial score (nSPS) is 16.2. The molecule has 1 aliphatic rings. The SMILES string of the molecule is C=CNC1=C(CC(C)(C)CC)C=CC1.[HH]. The van der Waals surface area contributed by atoms with Gasteiger partial charge in [0.25, 0.3) is 0 Å². The zero-order valence-electron chi connectivity index (χ0n) is 9.56. The van der Waals surface area contributed by atoms with Crippen LogP contribution in [0.3, 0.4) is 0 Å². The third-order valence-electron chi connectivity index (χ3n) is 2.93. The van der Waals surface area contributed by atoms with Gasteiger partial charge in [-0.15, -0.1) is 0 Å². The molecule has 0 saturated carbocycles. The summed E-state index contributed by atoms with van der Waals surface area (Å²) in [5.74, 6) is 0. The number of hydrogen-bond acceptors (Lipinski definition) is 1. The zero-order chi connectivity index (χ0) is 10.6. The van der Waals surface area contributed by atoms with Crippen molar-refractivity contribution in [1.82, 2.24) is 5.32 Å². The Labute approximate surface area is 89.1 Å². The molecule has 0 radical (unpaired) electrons. The van der Waals surface area contributed by atoms with Crippen LogP contribution in [0.15, 0.2) is 36.2 Å². The van der Waals surface area contributed by atoms with Gasteiger partial charge >= 0.3 is 0 Å². The molecule has 1 rings (SSSR count). The van der Waals surface area contributed by atoms with E-state index >= 15 is 0 Å². The Morgan fingerprint density at radius 3 is 2.93 bits per heavy atom. The van der Waals surface area contributed by atoms with E-state index in [0.29, 0.717) is 5.41 Å². The van der Waals surface area contributed by atoms with Gasteiger partial charge in [-0.3, -0.25) is 0 Å². The molecule has 0 fully saturated rings. The Kier molecular flexibility index (Phi) is 3.56. The van der Waals surface area contributed by atoms with Crippen LogP contribution in [0, 0.1) is 5.41 Å². The van der Waals surface area contributed by atoms with Gasteiger partial charge in [0, 0.05) is 13.5 Å². The van der Waals surface area contributed by atoms with Gasteiger partial charge in [0.15, 0.2) is 0 Å². The highest BCUT2D eigenvalue weighted by Crippen LogP contribution is 2.32. The summed E-state index contributed by atoms with van der Waals surface area (Å²) in [6.45, 7) is 10.6. The molecular formula is C13H23N. The molecule has 14 heavy (non-hydrogen) atoms. The van der Waals surface area contributed by atoms with Crippen molar-refractivity contribution in [1.29, 1.82) is 0 Å². The van der Waals surface area contributed by atoms with Crippen molar-refractivity contribution < 1.29 is 1.43 Å². The highest BCUT2D eigenvalue weighted by atomic mass is 14.8. The van der Waals surface area contributed by atoms with E-state index in [1.54, 1.807) is 6.20 Å². The molecule has 0 aromatic heterocycles. The van der Waals surface area contributed by atoms with Gasteiger partial charge in [0.2, 0.25) is 0 Å². The molecule has 0 heterocycles. The summed E-state index contributed by atoms with van der Waals surface area (Å²) in [7, 11) is 0. The molecule has 0 spiro atoms. The maximum Gasteiger partial charge on any atom is 0.0217 e. The van der Waals surface area contributed by atoms with Crippen LogP contribution in [-0.4, -0.2) is 0 Å². The fourth-order valence-electron chi connectivity index (χ4n) is 1.63. The lowest BCUT2D eigenvalue weighted by atomic mass is 9.83. The Hall–Kier alpha value is -0.980. The van der Waals surface area contributed by atoms with Gasteiger partial charge in [0.1, 0.15) is 0 Å². The topological polar surface area (TPSA) is 12.0 Å². The minimum atomic E-state index is 0. The van der Waals surface area contributed by atoms with Gasteiger partial charge in [-0.2, -0.15) is 0 Å². The first-order valence-corrected chi connectivity index (χ1v) is 5.35. The quantitative estimate of drug-likeness (QED) is 0.695. The van der Waals surface area contributed by atoms with Crippen molar-refractivity contribution in [2.45, 2.75) is 40.0 Å². The molecule has 0 aromatic carbocycles. The number of nitrogens with one attached hydrogen (secondary N) is 1. The van der Waals surface area contributed by atoms with Crippen LogP contribution in [0.1, 0.15) is 41.5 Å². The molecule has 1 heteroatoms. The molecular weight excluding hydrogens is 170 g/mol. The Bertz CT molecular complexity index is 274. The third kappa shape index (κ3) is 2.76. The van der Waals surface area contributed by atoms with Crippen molar-refractivity contribution in [3.05, 3.63) is 36.2 Å². The summed E-state index contributed by atoms with van der Waals surface area (Å²) in [4.78, 5) is 0. The van der Waals surface area contributed by atoms with Crippen molar-refractivity contribution >= 4 is 0 Å². The van der Waals surface area contributed by atoms with Crippen molar-refractivity contribution in [3.63, 3.8) is 0 Å². The van der Waals surface area contributed by atoms with Crippen LogP contribution in [0.4, 0.5) is 0 Å². The van der Waals surface area contributed by atoms with E-state index in [0.717, 1.165) is 12.8 Å². The van der Waals surface area contributed by atoms with E-state index in [1.807, 2.05) is 0 Å². The second-order valence-electron chi connectivity index (χ2n) is 4.65. The average Bonchev–Trinajstić information content (AvgIpc) is 2.53. The van der Waals surface area contributed by atoms with Gasteiger partial charge in [-0.05, 0) is 23.6 Å². The molecule has 0 unspecified atom stereocenters. The fraction of sp³-hybridized carbons (Fsp3) is 0.538. The molecule has 80 valence electrons. The smallest absolute Gasteiger partial charge is 0.0217 e. The van der Waals surface area contributed by atoms with Crippen LogP contribution in [0.5, 0.6) is 0 Å². The summed E-state index contributed by atoms with van der Waals surface area (Å²) in [6, 6.07) is 0. The van der Waals surface area contributed by atoms with Crippen LogP contribution in [-0.2, 0) is 0 Å². The van der Waals surface area contributed by atoms with E-state index < -0.39 is 0 Å². The zero-order valence-corrected chi connectivity index (χ0v) is 9.56. The summed E-state index contributed by atoms with van der Waals surface area (Å²) in [5.41, 5.74) is 3.16. The van der Waals surface area contributed by atoms with Crippen molar-refractivity contribution in [2.75, 3.05) is 0 Å². The first kappa shape index (κ1) is 11.1. The monoisotopic (exact) mass is 193 g/mol. The maximum atomic E-state index is 3.70. The molecule has 1 nitrogen and oxygen atoms in total. The summed E-state index contributed by atoms with van der Waals surface area (Å²) < 4.78 is 0. The standard InChI is InChI=1S/C13H21N.H2/c1-5-13(3,4)10-11-8-7-9-12(11)14-6-2;/h6-8,14H,2,5,9-10H2,1,3-4H3;1H. The summed E-state index contributed by atoms with van der Waals surface area (Å²) in [5, 5.41) is 3.22. The van der Waals surface area contributed by atoms with E-state index in [2.05, 4.69) is 44.8 Å². The Balaban J connectivity index is 0.00000196. The van der Waals surface area contributed by atoms with Gasteiger partial charge < -0.3 is 5.32 Å². The van der Waals surface area contributed by atoms with E-state index in [4.69, 9.17) is 0 Å². The first-order valence-electron chi connectivity index (χ1n) is 5.35. The lowest BCUT2D eigenvalue weighted by Gasteiger charge is -2.23. The fourth-order valence-corrected chi connectivity index (χ4v) is 1.63. The largest absolute Gasteiger partial charge is 0.365 e. The predicted molar refractivity (Wildman–Crippen MR) is 64.9 cm³/mol. The Morgan fingerprint density at radius 1 is 1.64 bits per heavy atom. The molecule has 1 N–H and O–H groups in total. The summed E-state index contributed by atoms with van der Waals surface area (Å²) in [6.07, 6.45) is 9.61. The number of rotatable bonds is 5.